The number of nitrogens with zero attached hydrogens (tertiary/aromatic N) is 4. The molecule has 0 bridgehead atoms. The van der Waals surface area contributed by atoms with E-state index in [4.69, 9.17) is 9.68 Å². The monoisotopic (exact) mass is 447 g/mol. The number of rotatable bonds is 5. The summed E-state index contributed by atoms with van der Waals surface area (Å²) >= 11 is 0. The number of para-hydroxylation sites is 1. The summed E-state index contributed by atoms with van der Waals surface area (Å²) in [6, 6.07) is 20.7. The van der Waals surface area contributed by atoms with E-state index >= 15 is 0 Å². The largest absolute Gasteiger partial charge is 0.472 e. The van der Waals surface area contributed by atoms with Gasteiger partial charge in [-0.05, 0) is 49.7 Å². The fourth-order valence-electron chi connectivity index (χ4n) is 3.99. The van der Waals surface area contributed by atoms with Crippen molar-refractivity contribution in [2.45, 2.75) is 20.4 Å². The van der Waals surface area contributed by atoms with Gasteiger partial charge in [0.2, 0.25) is 0 Å². The van der Waals surface area contributed by atoms with Crippen LogP contribution >= 0.6 is 0 Å². The molecule has 1 N–H and O–H groups in total. The first-order chi connectivity index (χ1) is 16.5. The highest BCUT2D eigenvalue weighted by molar-refractivity contribution is 6.13. The molecule has 0 saturated heterocycles. The van der Waals surface area contributed by atoms with Gasteiger partial charge in [-0.1, -0.05) is 30.3 Å². The van der Waals surface area contributed by atoms with Crippen LogP contribution in [0.4, 0.5) is 5.69 Å². The van der Waals surface area contributed by atoms with Crippen molar-refractivity contribution in [2.24, 2.45) is 0 Å². The van der Waals surface area contributed by atoms with Crippen molar-refractivity contribution in [3.63, 3.8) is 0 Å². The van der Waals surface area contributed by atoms with Crippen molar-refractivity contribution >= 4 is 22.5 Å². The molecule has 7 heteroatoms. The summed E-state index contributed by atoms with van der Waals surface area (Å²) in [5.41, 5.74) is 6.64. The SMILES string of the molecule is Cc1nn(Cc2ccc(C#N)cc2)c(C)c1NC(=O)c1cc(-c2ccoc2)nc2ccccc12. The number of nitriles is 1. The molecule has 0 fully saturated rings. The predicted octanol–water partition coefficient (Wildman–Crippen LogP) is 5.48. The van der Waals surface area contributed by atoms with Crippen molar-refractivity contribution < 1.29 is 9.21 Å². The number of furan rings is 1. The summed E-state index contributed by atoms with van der Waals surface area (Å²) < 4.78 is 7.06. The van der Waals surface area contributed by atoms with E-state index in [9.17, 15) is 4.79 Å². The number of amides is 1. The Labute approximate surface area is 196 Å². The van der Waals surface area contributed by atoms with E-state index in [1.54, 1.807) is 30.7 Å². The first-order valence-corrected chi connectivity index (χ1v) is 10.8. The Bertz CT molecular complexity index is 1540. The minimum absolute atomic E-state index is 0.229. The number of aryl methyl sites for hydroxylation is 1. The summed E-state index contributed by atoms with van der Waals surface area (Å²) in [4.78, 5) is 18.2. The molecular weight excluding hydrogens is 426 g/mol. The standard InChI is InChI=1S/C27H21N5O2/c1-17-26(18(2)32(31-17)15-20-9-7-19(14-28)8-10-20)30-27(33)23-13-25(21-11-12-34-16-21)29-24-6-4-3-5-22(23)24/h3-13,16H,15H2,1-2H3,(H,30,33). The summed E-state index contributed by atoms with van der Waals surface area (Å²) in [5.74, 6) is -0.229. The highest BCUT2D eigenvalue weighted by Gasteiger charge is 2.19. The molecule has 2 aromatic carbocycles. The van der Waals surface area contributed by atoms with Gasteiger partial charge in [0.25, 0.3) is 5.91 Å². The molecule has 0 atom stereocenters. The number of hydrogen-bond acceptors (Lipinski definition) is 5. The van der Waals surface area contributed by atoms with E-state index in [2.05, 4.69) is 21.5 Å². The topological polar surface area (TPSA) is 96.7 Å². The van der Waals surface area contributed by atoms with Gasteiger partial charge in [0, 0.05) is 10.9 Å². The second-order valence-electron chi connectivity index (χ2n) is 8.05. The van der Waals surface area contributed by atoms with Crippen LogP contribution in [0.3, 0.4) is 0 Å². The third kappa shape index (κ3) is 3.93. The highest BCUT2D eigenvalue weighted by atomic mass is 16.3. The lowest BCUT2D eigenvalue weighted by molar-refractivity contribution is 0.102. The summed E-state index contributed by atoms with van der Waals surface area (Å²) in [6.07, 6.45) is 3.20. The lowest BCUT2D eigenvalue weighted by Gasteiger charge is -2.11. The zero-order valence-corrected chi connectivity index (χ0v) is 18.7. The normalized spacial score (nSPS) is 10.9. The van der Waals surface area contributed by atoms with Crippen molar-refractivity contribution in [3.05, 3.63) is 101 Å². The minimum Gasteiger partial charge on any atom is -0.472 e. The molecule has 3 aromatic heterocycles. The fourth-order valence-corrected chi connectivity index (χ4v) is 3.99. The number of aromatic nitrogens is 3. The molecule has 0 spiro atoms. The highest BCUT2D eigenvalue weighted by Crippen LogP contribution is 2.27. The number of nitrogens with one attached hydrogen (secondary N) is 1. The van der Waals surface area contributed by atoms with Gasteiger partial charge in [-0.15, -0.1) is 0 Å². The van der Waals surface area contributed by atoms with Crippen LogP contribution < -0.4 is 5.32 Å². The van der Waals surface area contributed by atoms with Gasteiger partial charge < -0.3 is 9.73 Å². The van der Waals surface area contributed by atoms with E-state index in [1.807, 2.05) is 61.0 Å². The molecule has 0 saturated carbocycles. The van der Waals surface area contributed by atoms with E-state index in [1.165, 1.54) is 0 Å². The Morgan fingerprint density at radius 1 is 1.12 bits per heavy atom. The van der Waals surface area contributed by atoms with Gasteiger partial charge in [-0.25, -0.2) is 4.98 Å². The number of hydrogen-bond donors (Lipinski definition) is 1. The number of anilines is 1. The number of benzene rings is 2. The molecule has 0 aliphatic rings. The zero-order valence-electron chi connectivity index (χ0n) is 18.7. The summed E-state index contributed by atoms with van der Waals surface area (Å²) in [6.45, 7) is 4.34. The second-order valence-corrected chi connectivity index (χ2v) is 8.05. The second kappa shape index (κ2) is 8.68. The Hall–Kier alpha value is -4.70. The van der Waals surface area contributed by atoms with E-state index in [-0.39, 0.29) is 5.91 Å². The molecule has 3 heterocycles. The number of pyridine rings is 1. The van der Waals surface area contributed by atoms with Crippen LogP contribution in [-0.2, 0) is 6.54 Å². The van der Waals surface area contributed by atoms with E-state index in [0.29, 0.717) is 29.1 Å². The number of fused-ring (bicyclic) bond motifs is 1. The molecule has 0 aliphatic heterocycles. The molecule has 1 amide bonds. The Balaban J connectivity index is 1.47. The molecular formula is C27H21N5O2. The minimum atomic E-state index is -0.229. The average molecular weight is 447 g/mol. The first-order valence-electron chi connectivity index (χ1n) is 10.8. The third-order valence-corrected chi connectivity index (χ3v) is 5.81. The Kier molecular flexibility index (Phi) is 5.40. The molecule has 5 rings (SSSR count). The molecule has 7 nitrogen and oxygen atoms in total. The fraction of sp³-hybridized carbons (Fsp3) is 0.111. The Morgan fingerprint density at radius 2 is 1.91 bits per heavy atom. The molecule has 0 radical (unpaired) electrons. The van der Waals surface area contributed by atoms with Gasteiger partial charge in [0.15, 0.2) is 0 Å². The van der Waals surface area contributed by atoms with Gasteiger partial charge in [0.05, 0.1) is 64.6 Å². The third-order valence-electron chi connectivity index (χ3n) is 5.81. The molecule has 5 aromatic rings. The van der Waals surface area contributed by atoms with Crippen LogP contribution in [0, 0.1) is 25.2 Å². The molecule has 166 valence electrons. The number of carbonyl (C=O) groups excluding carboxylic acids is 1. The van der Waals surface area contributed by atoms with Gasteiger partial charge in [-0.3, -0.25) is 9.48 Å². The van der Waals surface area contributed by atoms with Crippen LogP contribution in [0.2, 0.25) is 0 Å². The first kappa shape index (κ1) is 21.2. The lowest BCUT2D eigenvalue weighted by atomic mass is 10.0. The zero-order chi connectivity index (χ0) is 23.7. The maximum absolute atomic E-state index is 13.5. The molecule has 0 aliphatic carbocycles. The maximum Gasteiger partial charge on any atom is 0.256 e. The average Bonchev–Trinajstić information content (AvgIpc) is 3.49. The molecule has 0 unspecified atom stereocenters. The van der Waals surface area contributed by atoms with E-state index < -0.39 is 0 Å². The quantitative estimate of drug-likeness (QED) is 0.385. The van der Waals surface area contributed by atoms with E-state index in [0.717, 1.165) is 33.4 Å². The lowest BCUT2D eigenvalue weighted by Crippen LogP contribution is -2.14. The van der Waals surface area contributed by atoms with Crippen LogP contribution in [0.25, 0.3) is 22.2 Å². The van der Waals surface area contributed by atoms with Crippen molar-refractivity contribution in [3.8, 4) is 17.3 Å². The van der Waals surface area contributed by atoms with Crippen molar-refractivity contribution in [1.82, 2.24) is 14.8 Å². The summed E-state index contributed by atoms with van der Waals surface area (Å²) in [7, 11) is 0. The van der Waals surface area contributed by atoms with Gasteiger partial charge in [-0.2, -0.15) is 10.4 Å². The number of carbonyl (C=O) groups is 1. The maximum atomic E-state index is 13.5. The smallest absolute Gasteiger partial charge is 0.256 e. The van der Waals surface area contributed by atoms with Crippen molar-refractivity contribution in [1.29, 1.82) is 5.26 Å². The van der Waals surface area contributed by atoms with Gasteiger partial charge >= 0.3 is 0 Å². The summed E-state index contributed by atoms with van der Waals surface area (Å²) in [5, 5.41) is 17.5. The predicted molar refractivity (Wildman–Crippen MR) is 129 cm³/mol. The van der Waals surface area contributed by atoms with Crippen LogP contribution in [0.15, 0.2) is 77.6 Å². The van der Waals surface area contributed by atoms with Crippen LogP contribution in [0.1, 0.15) is 32.9 Å². The molecule has 34 heavy (non-hydrogen) atoms. The van der Waals surface area contributed by atoms with Crippen LogP contribution in [-0.4, -0.2) is 20.7 Å². The van der Waals surface area contributed by atoms with Crippen molar-refractivity contribution in [2.75, 3.05) is 5.32 Å². The Morgan fingerprint density at radius 3 is 2.65 bits per heavy atom. The van der Waals surface area contributed by atoms with Gasteiger partial charge in [0.1, 0.15) is 0 Å². The van der Waals surface area contributed by atoms with Crippen LogP contribution in [0.5, 0.6) is 0 Å².